The molecule has 10 nitrogen and oxygen atoms in total. The van der Waals surface area contributed by atoms with Crippen LogP contribution in [0.15, 0.2) is 30.6 Å². The summed E-state index contributed by atoms with van der Waals surface area (Å²) in [5, 5.41) is 18.4. The number of halogens is 1. The summed E-state index contributed by atoms with van der Waals surface area (Å²) in [7, 11) is 1.64. The minimum absolute atomic E-state index is 0.000287. The average molecular weight is 565 g/mol. The minimum Gasteiger partial charge on any atom is -0.496 e. The van der Waals surface area contributed by atoms with Gasteiger partial charge in [0.15, 0.2) is 6.23 Å². The third kappa shape index (κ3) is 4.78. The van der Waals surface area contributed by atoms with Crippen LogP contribution in [0.1, 0.15) is 68.0 Å². The van der Waals surface area contributed by atoms with Gasteiger partial charge in [-0.1, -0.05) is 6.07 Å². The maximum absolute atomic E-state index is 15.3. The molecule has 41 heavy (non-hydrogen) atoms. The lowest BCUT2D eigenvalue weighted by molar-refractivity contribution is -0.0366. The number of hydrogen-bond donors (Lipinski definition) is 2. The van der Waals surface area contributed by atoms with Crippen LogP contribution in [0.5, 0.6) is 5.75 Å². The van der Waals surface area contributed by atoms with Crippen LogP contribution >= 0.6 is 0 Å². The second kappa shape index (κ2) is 10.1. The van der Waals surface area contributed by atoms with Gasteiger partial charge in [0.25, 0.3) is 0 Å². The molecule has 2 aromatic heterocycles. The summed E-state index contributed by atoms with van der Waals surface area (Å²) in [4.78, 5) is 19.5. The van der Waals surface area contributed by atoms with Crippen molar-refractivity contribution in [2.75, 3.05) is 38.7 Å². The van der Waals surface area contributed by atoms with E-state index in [-0.39, 0.29) is 24.4 Å². The van der Waals surface area contributed by atoms with Gasteiger partial charge in [-0.25, -0.2) is 18.9 Å². The summed E-state index contributed by atoms with van der Waals surface area (Å²) in [5.74, 6) is 1.30. The van der Waals surface area contributed by atoms with Crippen LogP contribution in [0.4, 0.5) is 15.0 Å². The molecule has 1 amide bonds. The zero-order chi connectivity index (χ0) is 28.3. The van der Waals surface area contributed by atoms with E-state index in [9.17, 15) is 4.79 Å². The molecule has 3 fully saturated rings. The van der Waals surface area contributed by atoms with Gasteiger partial charge in [-0.05, 0) is 62.6 Å². The van der Waals surface area contributed by atoms with E-state index in [1.165, 1.54) is 10.5 Å². The Labute approximate surface area is 238 Å². The van der Waals surface area contributed by atoms with Gasteiger partial charge in [0.1, 0.15) is 17.2 Å². The lowest BCUT2D eigenvalue weighted by Gasteiger charge is -2.43. The maximum Gasteiger partial charge on any atom is 0.407 e. The Morgan fingerprint density at radius 1 is 1.24 bits per heavy atom. The number of hydrogen-bond acceptors (Lipinski definition) is 7. The van der Waals surface area contributed by atoms with Crippen LogP contribution in [-0.2, 0) is 11.2 Å². The number of methoxy groups -OCH3 is 1. The molecule has 2 saturated heterocycles. The molecule has 3 aliphatic heterocycles. The van der Waals surface area contributed by atoms with E-state index in [1.54, 1.807) is 7.11 Å². The zero-order valence-corrected chi connectivity index (χ0v) is 23.6. The van der Waals surface area contributed by atoms with Crippen molar-refractivity contribution in [2.45, 2.75) is 75.5 Å². The molecular formula is C30H37FN6O4. The number of carboxylic acid groups (broad SMARTS) is 1. The number of fused-ring (bicyclic) bond motifs is 3. The molecule has 3 atom stereocenters. The summed E-state index contributed by atoms with van der Waals surface area (Å²) in [6.45, 7) is 4.12. The summed E-state index contributed by atoms with van der Waals surface area (Å²) in [6, 6.07) is 6.03. The SMILES string of the molecule is COc1cc(NC2CN(C(=O)O)C2)ncc1[C@@H]1c2ccc3c(cnn3C3CCCCO3)c2C[C@@H](C)N1CC1(F)CC1. The summed E-state index contributed by atoms with van der Waals surface area (Å²) in [6.07, 6.45) is 7.99. The summed E-state index contributed by atoms with van der Waals surface area (Å²) in [5.41, 5.74) is 3.16. The molecule has 2 N–H and O–H groups in total. The smallest absolute Gasteiger partial charge is 0.407 e. The van der Waals surface area contributed by atoms with Crippen LogP contribution in [-0.4, -0.2) is 86.9 Å². The van der Waals surface area contributed by atoms with Crippen molar-refractivity contribution in [3.05, 3.63) is 47.3 Å². The van der Waals surface area contributed by atoms with E-state index in [4.69, 9.17) is 24.7 Å². The lowest BCUT2D eigenvalue weighted by Crippen LogP contribution is -2.56. The molecule has 218 valence electrons. The van der Waals surface area contributed by atoms with Gasteiger partial charge >= 0.3 is 6.09 Å². The molecule has 1 unspecified atom stereocenters. The monoisotopic (exact) mass is 564 g/mol. The Morgan fingerprint density at radius 3 is 2.78 bits per heavy atom. The number of pyridine rings is 1. The number of benzene rings is 1. The van der Waals surface area contributed by atoms with Crippen molar-refractivity contribution in [1.29, 1.82) is 0 Å². The highest BCUT2D eigenvalue weighted by Gasteiger charge is 2.48. The minimum atomic E-state index is -1.15. The Bertz CT molecular complexity index is 1460. The maximum atomic E-state index is 15.3. The lowest BCUT2D eigenvalue weighted by atomic mass is 9.83. The number of nitrogens with zero attached hydrogens (tertiary/aromatic N) is 5. The fourth-order valence-electron chi connectivity index (χ4n) is 6.73. The van der Waals surface area contributed by atoms with E-state index in [2.05, 4.69) is 29.3 Å². The number of alkyl halides is 1. The molecule has 5 heterocycles. The molecule has 11 heteroatoms. The Hall–Kier alpha value is -3.44. The van der Waals surface area contributed by atoms with Crippen LogP contribution < -0.4 is 10.1 Å². The average Bonchev–Trinajstić information content (AvgIpc) is 3.51. The number of ether oxygens (including phenoxy) is 2. The number of likely N-dealkylation sites (tertiary alicyclic amines) is 1. The molecule has 4 aliphatic rings. The van der Waals surface area contributed by atoms with E-state index >= 15 is 4.39 Å². The van der Waals surface area contributed by atoms with Crippen LogP contribution in [0.25, 0.3) is 10.9 Å². The van der Waals surface area contributed by atoms with Crippen molar-refractivity contribution >= 4 is 22.8 Å². The second-order valence-corrected chi connectivity index (χ2v) is 12.1. The molecule has 1 saturated carbocycles. The van der Waals surface area contributed by atoms with E-state index in [1.807, 2.05) is 23.1 Å². The fourth-order valence-corrected chi connectivity index (χ4v) is 6.73. The first-order valence-corrected chi connectivity index (χ1v) is 14.7. The molecule has 3 aromatic rings. The van der Waals surface area contributed by atoms with Gasteiger partial charge in [-0.15, -0.1) is 0 Å². The first kappa shape index (κ1) is 26.5. The molecule has 0 spiro atoms. The van der Waals surface area contributed by atoms with Gasteiger partial charge in [0.2, 0.25) is 0 Å². The quantitative estimate of drug-likeness (QED) is 0.424. The van der Waals surface area contributed by atoms with E-state index in [0.717, 1.165) is 54.3 Å². The van der Waals surface area contributed by atoms with Crippen LogP contribution in [0.3, 0.4) is 0 Å². The molecule has 7 rings (SSSR count). The third-order valence-corrected chi connectivity index (χ3v) is 9.22. The number of amides is 1. The number of nitrogens with one attached hydrogen (secondary N) is 1. The molecular weight excluding hydrogens is 527 g/mol. The van der Waals surface area contributed by atoms with Crippen molar-refractivity contribution in [2.24, 2.45) is 0 Å². The Morgan fingerprint density at radius 2 is 2.07 bits per heavy atom. The highest BCUT2D eigenvalue weighted by Crippen LogP contribution is 2.48. The summed E-state index contributed by atoms with van der Waals surface area (Å²) < 4.78 is 29.3. The van der Waals surface area contributed by atoms with Gasteiger partial charge in [-0.2, -0.15) is 5.10 Å². The van der Waals surface area contributed by atoms with Gasteiger partial charge in [0.05, 0.1) is 30.9 Å². The van der Waals surface area contributed by atoms with Gasteiger partial charge < -0.3 is 24.8 Å². The zero-order valence-electron chi connectivity index (χ0n) is 23.6. The van der Waals surface area contributed by atoms with Crippen molar-refractivity contribution in [3.8, 4) is 5.75 Å². The van der Waals surface area contributed by atoms with Crippen molar-refractivity contribution in [1.82, 2.24) is 24.6 Å². The number of carbonyl (C=O) groups is 1. The van der Waals surface area contributed by atoms with E-state index in [0.29, 0.717) is 44.0 Å². The summed E-state index contributed by atoms with van der Waals surface area (Å²) >= 11 is 0. The molecule has 1 aromatic carbocycles. The van der Waals surface area contributed by atoms with Crippen molar-refractivity contribution in [3.63, 3.8) is 0 Å². The third-order valence-electron chi connectivity index (χ3n) is 9.22. The highest BCUT2D eigenvalue weighted by molar-refractivity contribution is 5.84. The van der Waals surface area contributed by atoms with Crippen LogP contribution in [0.2, 0.25) is 0 Å². The fraction of sp³-hybridized carbons (Fsp3) is 0.567. The number of aromatic nitrogens is 3. The number of rotatable bonds is 7. The van der Waals surface area contributed by atoms with Gasteiger partial charge in [-0.3, -0.25) is 4.90 Å². The van der Waals surface area contributed by atoms with Crippen molar-refractivity contribution < 1.29 is 23.8 Å². The normalized spacial score (nSPS) is 25.9. The topological polar surface area (TPSA) is 105 Å². The first-order chi connectivity index (χ1) is 19.8. The standard InChI is InChI=1S/C30H37FN6O4/c1-18-11-21-20(6-7-24-22(21)14-33-37(24)27-5-3-4-10-41-27)28(36(18)17-30(31)8-9-30)23-13-32-26(12-25(23)40-2)34-19-15-35(16-19)29(38)39/h6-7,12-14,18-19,27-28H,3-5,8-11,15-17H2,1-2H3,(H,32,34)(H,38,39)/t18-,27?,28+/m1/s1. The van der Waals surface area contributed by atoms with Crippen LogP contribution in [0, 0.1) is 0 Å². The highest BCUT2D eigenvalue weighted by atomic mass is 19.1. The predicted molar refractivity (Wildman–Crippen MR) is 151 cm³/mol. The predicted octanol–water partition coefficient (Wildman–Crippen LogP) is 4.75. The molecule has 1 aliphatic carbocycles. The van der Waals surface area contributed by atoms with Gasteiger partial charge in [0, 0.05) is 55.5 Å². The Balaban J connectivity index is 1.26. The largest absolute Gasteiger partial charge is 0.496 e. The molecule has 0 radical (unpaired) electrons. The second-order valence-electron chi connectivity index (χ2n) is 12.1. The number of anilines is 1. The molecule has 0 bridgehead atoms. The Kier molecular flexibility index (Phi) is 6.54. The van der Waals surface area contributed by atoms with E-state index < -0.39 is 11.8 Å². The first-order valence-electron chi connectivity index (χ1n) is 14.7.